The number of aromatic hydroxyl groups is 1. The quantitative estimate of drug-likeness (QED) is 0.130. The average Bonchev–Trinajstić information content (AvgIpc) is 3.10. The molecule has 0 aliphatic heterocycles. The van der Waals surface area contributed by atoms with Crippen molar-refractivity contribution in [3.05, 3.63) is 102 Å². The van der Waals surface area contributed by atoms with E-state index >= 15 is 0 Å². The van der Waals surface area contributed by atoms with E-state index < -0.39 is 41.8 Å². The molecular formula is C39H54N6O7. The predicted octanol–water partition coefficient (Wildman–Crippen LogP) is 2.85. The SMILES string of the molecule is CC(C)C(C(=O)NCC(=O)NC(Cc1ccccc1)C(=O)N[C@H](C)C(N)=O)N(C=O)C(C)C.CCNC(=O)c1ccc(O)cc1.Cc1ccccc1. The Morgan fingerprint density at radius 1 is 0.788 bits per heavy atom. The highest BCUT2D eigenvalue weighted by molar-refractivity contribution is 5.94. The van der Waals surface area contributed by atoms with E-state index in [1.165, 1.54) is 29.5 Å². The summed E-state index contributed by atoms with van der Waals surface area (Å²) in [7, 11) is 0. The van der Waals surface area contributed by atoms with Gasteiger partial charge in [0.1, 0.15) is 23.9 Å². The number of phenols is 1. The zero-order chi connectivity index (χ0) is 39.2. The summed E-state index contributed by atoms with van der Waals surface area (Å²) in [5.41, 5.74) is 7.90. The lowest BCUT2D eigenvalue weighted by molar-refractivity contribution is -0.137. The van der Waals surface area contributed by atoms with Gasteiger partial charge in [0, 0.05) is 24.6 Å². The van der Waals surface area contributed by atoms with Gasteiger partial charge in [0.15, 0.2) is 0 Å². The molecule has 3 aromatic carbocycles. The Bertz CT molecular complexity index is 1550. The van der Waals surface area contributed by atoms with Crippen LogP contribution < -0.4 is 27.0 Å². The van der Waals surface area contributed by atoms with Crippen LogP contribution in [0.3, 0.4) is 0 Å². The lowest BCUT2D eigenvalue weighted by atomic mass is 10.0. The fraction of sp³-hybridized carbons (Fsp3) is 0.385. The summed E-state index contributed by atoms with van der Waals surface area (Å²) in [5, 5.41) is 19.2. The molecule has 0 heterocycles. The number of aryl methyl sites for hydroxylation is 1. The van der Waals surface area contributed by atoms with Crippen LogP contribution >= 0.6 is 0 Å². The van der Waals surface area contributed by atoms with Crippen molar-refractivity contribution in [2.24, 2.45) is 11.7 Å². The first-order valence-electron chi connectivity index (χ1n) is 17.1. The van der Waals surface area contributed by atoms with Gasteiger partial charge in [0.05, 0.1) is 6.54 Å². The Morgan fingerprint density at radius 3 is 1.79 bits per heavy atom. The van der Waals surface area contributed by atoms with E-state index in [0.717, 1.165) is 5.56 Å². The van der Waals surface area contributed by atoms with E-state index in [-0.39, 0.29) is 36.6 Å². The molecule has 52 heavy (non-hydrogen) atoms. The second-order valence-electron chi connectivity index (χ2n) is 12.6. The zero-order valence-corrected chi connectivity index (χ0v) is 31.1. The van der Waals surface area contributed by atoms with Gasteiger partial charge in [-0.25, -0.2) is 0 Å². The Hall–Kier alpha value is -5.72. The van der Waals surface area contributed by atoms with Gasteiger partial charge in [0.25, 0.3) is 5.91 Å². The highest BCUT2D eigenvalue weighted by atomic mass is 16.3. The van der Waals surface area contributed by atoms with Crippen molar-refractivity contribution in [1.82, 2.24) is 26.2 Å². The molecule has 0 bridgehead atoms. The molecule has 0 aliphatic carbocycles. The number of carbonyl (C=O) groups is 6. The van der Waals surface area contributed by atoms with E-state index in [0.29, 0.717) is 18.5 Å². The van der Waals surface area contributed by atoms with Crippen LogP contribution in [0, 0.1) is 12.8 Å². The molecule has 3 aromatic rings. The third-order valence-corrected chi connectivity index (χ3v) is 7.49. The van der Waals surface area contributed by atoms with Crippen molar-refractivity contribution in [2.75, 3.05) is 13.1 Å². The smallest absolute Gasteiger partial charge is 0.251 e. The Morgan fingerprint density at radius 2 is 1.35 bits per heavy atom. The van der Waals surface area contributed by atoms with Gasteiger partial charge in [-0.05, 0) is 70.4 Å². The standard InChI is InChI=1S/C23H35N5O5.C9H11NO2.C7H8/c1-14(2)20(28(13-29)15(3)4)23(33)25-12-19(30)27-18(11-17-9-7-6-8-10-17)22(32)26-16(5)21(24)31;1-2-10-9(12)7-3-5-8(11)6-4-7;1-7-5-3-2-4-6-7/h6-10,13-16,18,20H,11-12H2,1-5H3,(H2,24,31)(H,25,33)(H,26,32)(H,27,30);3-6,11H,2H2,1H3,(H,10,12);2-6H,1H3/t16-,18?,20?;;/m1../s1. The van der Waals surface area contributed by atoms with Gasteiger partial charge >= 0.3 is 0 Å². The topological polar surface area (TPSA) is 200 Å². The van der Waals surface area contributed by atoms with Crippen LogP contribution in [0.2, 0.25) is 0 Å². The minimum atomic E-state index is -0.985. The number of nitrogens with two attached hydrogens (primary N) is 1. The number of benzene rings is 3. The summed E-state index contributed by atoms with van der Waals surface area (Å²) in [6.07, 6.45) is 0.799. The molecule has 2 unspecified atom stereocenters. The number of hydrogen-bond donors (Lipinski definition) is 6. The van der Waals surface area contributed by atoms with Gasteiger partial charge < -0.3 is 37.0 Å². The van der Waals surface area contributed by atoms with Crippen molar-refractivity contribution >= 4 is 35.9 Å². The molecule has 3 rings (SSSR count). The van der Waals surface area contributed by atoms with Gasteiger partial charge in [-0.15, -0.1) is 0 Å². The molecule has 282 valence electrons. The zero-order valence-electron chi connectivity index (χ0n) is 31.1. The molecule has 7 N–H and O–H groups in total. The third-order valence-electron chi connectivity index (χ3n) is 7.49. The number of hydrogen-bond acceptors (Lipinski definition) is 7. The number of rotatable bonds is 15. The number of phenolic OH excluding ortho intramolecular Hbond substituents is 1. The fourth-order valence-electron chi connectivity index (χ4n) is 4.66. The second kappa shape index (κ2) is 23.6. The van der Waals surface area contributed by atoms with Gasteiger partial charge in [-0.3, -0.25) is 28.8 Å². The Labute approximate surface area is 306 Å². The van der Waals surface area contributed by atoms with Crippen molar-refractivity contribution in [1.29, 1.82) is 0 Å². The van der Waals surface area contributed by atoms with E-state index in [1.807, 2.05) is 45.0 Å². The molecule has 0 aromatic heterocycles. The third kappa shape index (κ3) is 16.8. The summed E-state index contributed by atoms with van der Waals surface area (Å²) < 4.78 is 0. The fourth-order valence-corrected chi connectivity index (χ4v) is 4.66. The van der Waals surface area contributed by atoms with Crippen LogP contribution in [0.5, 0.6) is 5.75 Å². The van der Waals surface area contributed by atoms with Crippen molar-refractivity contribution in [3.63, 3.8) is 0 Å². The normalized spacial score (nSPS) is 11.9. The second-order valence-corrected chi connectivity index (χ2v) is 12.6. The number of primary amides is 1. The maximum atomic E-state index is 12.7. The van der Waals surface area contributed by atoms with Crippen LogP contribution in [0.1, 0.15) is 63.0 Å². The highest BCUT2D eigenvalue weighted by Crippen LogP contribution is 2.13. The lowest BCUT2D eigenvalue weighted by Gasteiger charge is -2.33. The molecule has 0 radical (unpaired) electrons. The molecule has 0 saturated carbocycles. The molecule has 6 amide bonds. The van der Waals surface area contributed by atoms with E-state index in [4.69, 9.17) is 10.8 Å². The molecule has 13 nitrogen and oxygen atoms in total. The monoisotopic (exact) mass is 718 g/mol. The van der Waals surface area contributed by atoms with Gasteiger partial charge in [0.2, 0.25) is 30.0 Å². The lowest BCUT2D eigenvalue weighted by Crippen LogP contribution is -2.56. The van der Waals surface area contributed by atoms with Crippen LogP contribution in [0.15, 0.2) is 84.9 Å². The van der Waals surface area contributed by atoms with Crippen LogP contribution in [0.25, 0.3) is 0 Å². The van der Waals surface area contributed by atoms with Crippen LogP contribution in [-0.4, -0.2) is 83.2 Å². The number of nitrogens with zero attached hydrogens (tertiary/aromatic N) is 1. The first kappa shape index (κ1) is 44.3. The minimum Gasteiger partial charge on any atom is -0.508 e. The Balaban J connectivity index is 0.000000570. The largest absolute Gasteiger partial charge is 0.508 e. The van der Waals surface area contributed by atoms with Gasteiger partial charge in [-0.1, -0.05) is 80.1 Å². The van der Waals surface area contributed by atoms with Crippen molar-refractivity contribution in [3.8, 4) is 5.75 Å². The van der Waals surface area contributed by atoms with Crippen molar-refractivity contribution < 1.29 is 33.9 Å². The molecule has 13 heteroatoms. The summed E-state index contributed by atoms with van der Waals surface area (Å²) in [5.74, 6) is -2.45. The minimum absolute atomic E-state index is 0.113. The maximum absolute atomic E-state index is 12.7. The predicted molar refractivity (Wildman–Crippen MR) is 201 cm³/mol. The van der Waals surface area contributed by atoms with E-state index in [9.17, 15) is 28.8 Å². The molecule has 0 spiro atoms. The van der Waals surface area contributed by atoms with Crippen LogP contribution in [0.4, 0.5) is 0 Å². The number of carbonyl (C=O) groups excluding carboxylic acids is 6. The van der Waals surface area contributed by atoms with Crippen LogP contribution in [-0.2, 0) is 30.4 Å². The molecule has 0 saturated heterocycles. The first-order chi connectivity index (χ1) is 24.6. The molecule has 3 atom stereocenters. The molecular weight excluding hydrogens is 664 g/mol. The Kier molecular flexibility index (Phi) is 20.1. The molecule has 0 aliphatic rings. The van der Waals surface area contributed by atoms with E-state index in [1.54, 1.807) is 50.2 Å². The highest BCUT2D eigenvalue weighted by Gasteiger charge is 2.30. The summed E-state index contributed by atoms with van der Waals surface area (Å²) in [4.78, 5) is 73.3. The summed E-state index contributed by atoms with van der Waals surface area (Å²) in [6.45, 7) is 12.8. The van der Waals surface area contributed by atoms with E-state index in [2.05, 4.69) is 40.3 Å². The van der Waals surface area contributed by atoms with Gasteiger partial charge in [-0.2, -0.15) is 0 Å². The van der Waals surface area contributed by atoms with Crippen molar-refractivity contribution in [2.45, 2.75) is 79.1 Å². The summed E-state index contributed by atoms with van der Waals surface area (Å²) >= 11 is 0. The number of amides is 6. The summed E-state index contributed by atoms with van der Waals surface area (Å²) in [6, 6.07) is 22.6. The maximum Gasteiger partial charge on any atom is 0.251 e. The first-order valence-corrected chi connectivity index (χ1v) is 17.1. The molecule has 0 fully saturated rings. The average molecular weight is 719 g/mol. The number of nitrogens with one attached hydrogen (secondary N) is 4.